The van der Waals surface area contributed by atoms with Crippen molar-refractivity contribution in [3.05, 3.63) is 48.0 Å². The maximum Gasteiger partial charge on any atom is 0.0908 e. The minimum Gasteiger partial charge on any atom is -0.193 e. The summed E-state index contributed by atoms with van der Waals surface area (Å²) in [7, 11) is 0. The molecule has 0 radical (unpaired) electrons. The molecular weight excluding hydrogens is 178 g/mol. The van der Waals surface area contributed by atoms with Crippen LogP contribution < -0.4 is 0 Å². The summed E-state index contributed by atoms with van der Waals surface area (Å²) in [6, 6.07) is 12.3. The number of allylic oxidation sites excluding steroid dienone is 1. The zero-order valence-electron chi connectivity index (χ0n) is 7.31. The summed E-state index contributed by atoms with van der Waals surface area (Å²) >= 11 is 1.81. The molecule has 0 N–H and O–H groups in total. The first-order chi connectivity index (χ1) is 6.43. The Bertz CT molecular complexity index is 298. The molecule has 1 nitrogen and oxygen atoms in total. The second kappa shape index (κ2) is 6.33. The second-order valence-corrected chi connectivity index (χ2v) is 3.56. The van der Waals surface area contributed by atoms with Gasteiger partial charge >= 0.3 is 0 Å². The van der Waals surface area contributed by atoms with Gasteiger partial charge in [0.25, 0.3) is 0 Å². The molecule has 0 bridgehead atoms. The Labute approximate surface area is 83.1 Å². The van der Waals surface area contributed by atoms with Gasteiger partial charge in [0.15, 0.2) is 0 Å². The van der Waals surface area contributed by atoms with Crippen molar-refractivity contribution in [2.75, 3.05) is 5.75 Å². The van der Waals surface area contributed by atoms with E-state index in [4.69, 9.17) is 5.26 Å². The molecule has 0 aliphatic carbocycles. The number of nitrogens with zero attached hydrogens (tertiary/aromatic N) is 1. The highest BCUT2D eigenvalue weighted by Crippen LogP contribution is 2.11. The fourth-order valence-corrected chi connectivity index (χ4v) is 1.70. The molecule has 0 aliphatic heterocycles. The number of nitriles is 1. The molecule has 1 rings (SSSR count). The minimum atomic E-state index is 0.905. The van der Waals surface area contributed by atoms with Gasteiger partial charge in [-0.1, -0.05) is 36.4 Å². The monoisotopic (exact) mass is 189 g/mol. The van der Waals surface area contributed by atoms with Gasteiger partial charge in [0.1, 0.15) is 0 Å². The smallest absolute Gasteiger partial charge is 0.0908 e. The van der Waals surface area contributed by atoms with E-state index in [0.717, 1.165) is 11.5 Å². The Morgan fingerprint density at radius 1 is 1.31 bits per heavy atom. The van der Waals surface area contributed by atoms with Crippen LogP contribution in [0.3, 0.4) is 0 Å². The van der Waals surface area contributed by atoms with Crippen molar-refractivity contribution < 1.29 is 0 Å². The topological polar surface area (TPSA) is 23.8 Å². The van der Waals surface area contributed by atoms with Gasteiger partial charge < -0.3 is 0 Å². The van der Waals surface area contributed by atoms with Crippen molar-refractivity contribution in [2.45, 2.75) is 5.75 Å². The van der Waals surface area contributed by atoms with Crippen molar-refractivity contribution >= 4 is 11.8 Å². The predicted molar refractivity (Wildman–Crippen MR) is 57.4 cm³/mol. The van der Waals surface area contributed by atoms with Crippen molar-refractivity contribution in [3.63, 3.8) is 0 Å². The van der Waals surface area contributed by atoms with Gasteiger partial charge in [-0.15, -0.1) is 0 Å². The Hall–Kier alpha value is -1.20. The van der Waals surface area contributed by atoms with Crippen LogP contribution in [0, 0.1) is 11.3 Å². The van der Waals surface area contributed by atoms with Gasteiger partial charge in [0.2, 0.25) is 0 Å². The van der Waals surface area contributed by atoms with E-state index in [9.17, 15) is 0 Å². The highest BCUT2D eigenvalue weighted by Gasteiger charge is 1.89. The lowest BCUT2D eigenvalue weighted by Crippen LogP contribution is -1.79. The van der Waals surface area contributed by atoms with Crippen LogP contribution in [0.15, 0.2) is 42.5 Å². The molecule has 0 heterocycles. The SMILES string of the molecule is N#C/C=C\CSCc1ccccc1. The van der Waals surface area contributed by atoms with Crippen molar-refractivity contribution in [1.82, 2.24) is 0 Å². The molecule has 1 aromatic rings. The molecule has 13 heavy (non-hydrogen) atoms. The summed E-state index contributed by atoms with van der Waals surface area (Å²) in [4.78, 5) is 0. The second-order valence-electron chi connectivity index (χ2n) is 2.53. The Morgan fingerprint density at radius 3 is 2.77 bits per heavy atom. The van der Waals surface area contributed by atoms with Gasteiger partial charge in [-0.05, 0) is 5.56 Å². The van der Waals surface area contributed by atoms with Crippen LogP contribution in [-0.4, -0.2) is 5.75 Å². The minimum absolute atomic E-state index is 0.905. The molecule has 0 amide bonds. The maximum absolute atomic E-state index is 8.24. The van der Waals surface area contributed by atoms with Crippen LogP contribution in [0.1, 0.15) is 5.56 Å². The average molecular weight is 189 g/mol. The van der Waals surface area contributed by atoms with Gasteiger partial charge in [-0.2, -0.15) is 17.0 Å². The number of thioether (sulfide) groups is 1. The van der Waals surface area contributed by atoms with Crippen LogP contribution >= 0.6 is 11.8 Å². The third-order valence-electron chi connectivity index (χ3n) is 1.52. The Morgan fingerprint density at radius 2 is 2.08 bits per heavy atom. The molecule has 2 heteroatoms. The average Bonchev–Trinajstić information content (AvgIpc) is 2.19. The van der Waals surface area contributed by atoms with Gasteiger partial charge in [0, 0.05) is 17.6 Å². The lowest BCUT2D eigenvalue weighted by Gasteiger charge is -1.97. The zero-order valence-corrected chi connectivity index (χ0v) is 8.13. The van der Waals surface area contributed by atoms with E-state index in [2.05, 4.69) is 12.1 Å². The van der Waals surface area contributed by atoms with E-state index < -0.39 is 0 Å². The molecule has 1 aromatic carbocycles. The molecule has 0 saturated carbocycles. The molecule has 0 saturated heterocycles. The van der Waals surface area contributed by atoms with E-state index in [1.807, 2.05) is 42.1 Å². The normalized spacial score (nSPS) is 10.1. The quantitative estimate of drug-likeness (QED) is 0.537. The number of benzene rings is 1. The lowest BCUT2D eigenvalue weighted by molar-refractivity contribution is 1.41. The van der Waals surface area contributed by atoms with Crippen molar-refractivity contribution in [2.24, 2.45) is 0 Å². The fraction of sp³-hybridized carbons (Fsp3) is 0.182. The summed E-state index contributed by atoms with van der Waals surface area (Å²) in [5.41, 5.74) is 1.33. The molecule has 0 fully saturated rings. The highest BCUT2D eigenvalue weighted by molar-refractivity contribution is 7.98. The molecular formula is C11H11NS. The summed E-state index contributed by atoms with van der Waals surface area (Å²) in [5, 5.41) is 8.24. The van der Waals surface area contributed by atoms with Crippen LogP contribution in [0.4, 0.5) is 0 Å². The van der Waals surface area contributed by atoms with Crippen LogP contribution in [0.2, 0.25) is 0 Å². The predicted octanol–water partition coefficient (Wildman–Crippen LogP) is 3.00. The van der Waals surface area contributed by atoms with E-state index in [1.54, 1.807) is 0 Å². The van der Waals surface area contributed by atoms with Crippen molar-refractivity contribution in [3.8, 4) is 6.07 Å². The molecule has 0 aromatic heterocycles. The zero-order chi connectivity index (χ0) is 9.36. The Kier molecular flexibility index (Phi) is 4.81. The van der Waals surface area contributed by atoms with Crippen LogP contribution in [0.5, 0.6) is 0 Å². The molecule has 0 spiro atoms. The molecule has 0 aliphatic rings. The third-order valence-corrected chi connectivity index (χ3v) is 2.48. The summed E-state index contributed by atoms with van der Waals surface area (Å²) in [6.07, 6.45) is 3.41. The van der Waals surface area contributed by atoms with Gasteiger partial charge in [-0.3, -0.25) is 0 Å². The summed E-state index contributed by atoms with van der Waals surface area (Å²) < 4.78 is 0. The summed E-state index contributed by atoms with van der Waals surface area (Å²) in [5.74, 6) is 1.92. The highest BCUT2D eigenvalue weighted by atomic mass is 32.2. The van der Waals surface area contributed by atoms with Crippen LogP contribution in [-0.2, 0) is 5.75 Å². The molecule has 0 unspecified atom stereocenters. The number of hydrogen-bond donors (Lipinski definition) is 0. The molecule has 66 valence electrons. The fourth-order valence-electron chi connectivity index (χ4n) is 0.920. The van der Waals surface area contributed by atoms with Crippen molar-refractivity contribution in [1.29, 1.82) is 5.26 Å². The summed E-state index contributed by atoms with van der Waals surface area (Å²) in [6.45, 7) is 0. The molecule has 0 atom stereocenters. The first kappa shape index (κ1) is 9.88. The Balaban J connectivity index is 2.21. The van der Waals surface area contributed by atoms with E-state index in [1.165, 1.54) is 11.6 Å². The number of rotatable bonds is 4. The van der Waals surface area contributed by atoms with Gasteiger partial charge in [-0.25, -0.2) is 0 Å². The largest absolute Gasteiger partial charge is 0.193 e. The maximum atomic E-state index is 8.24. The standard InChI is InChI=1S/C11H11NS/c12-8-4-5-9-13-10-11-6-2-1-3-7-11/h1-7H,9-10H2/b5-4-. The van der Waals surface area contributed by atoms with Gasteiger partial charge in [0.05, 0.1) is 6.07 Å². The van der Waals surface area contributed by atoms with E-state index in [-0.39, 0.29) is 0 Å². The van der Waals surface area contributed by atoms with Crippen LogP contribution in [0.25, 0.3) is 0 Å². The van der Waals surface area contributed by atoms with E-state index >= 15 is 0 Å². The first-order valence-corrected chi connectivity index (χ1v) is 5.25. The first-order valence-electron chi connectivity index (χ1n) is 4.10. The van der Waals surface area contributed by atoms with E-state index in [0.29, 0.717) is 0 Å². The third kappa shape index (κ3) is 4.39. The number of hydrogen-bond acceptors (Lipinski definition) is 2. The lowest BCUT2D eigenvalue weighted by atomic mass is 10.2.